The molecule has 0 aliphatic heterocycles. The first kappa shape index (κ1) is 23.0. The highest BCUT2D eigenvalue weighted by Gasteiger charge is 2.23. The zero-order chi connectivity index (χ0) is 23.1. The molecular formula is C22H23N3O6S. The maximum absolute atomic E-state index is 12.5. The van der Waals surface area contributed by atoms with Crippen molar-refractivity contribution in [1.82, 2.24) is 15.2 Å². The molecule has 0 saturated carbocycles. The first-order chi connectivity index (χ1) is 15.3. The Kier molecular flexibility index (Phi) is 7.29. The Balaban J connectivity index is 1.48. The first-order valence-electron chi connectivity index (χ1n) is 9.64. The van der Waals surface area contributed by atoms with Gasteiger partial charge in [-0.2, -0.15) is 4.31 Å². The van der Waals surface area contributed by atoms with Crippen LogP contribution in [0.2, 0.25) is 0 Å². The number of hydrazine groups is 1. The molecule has 10 heteroatoms. The molecule has 0 radical (unpaired) electrons. The van der Waals surface area contributed by atoms with Crippen LogP contribution in [0.3, 0.4) is 0 Å². The largest absolute Gasteiger partial charge is 0.486 e. The molecule has 3 rings (SSSR count). The number of sulfonamides is 1. The Morgan fingerprint density at radius 1 is 0.969 bits per heavy atom. The van der Waals surface area contributed by atoms with Gasteiger partial charge in [-0.15, -0.1) is 0 Å². The van der Waals surface area contributed by atoms with Gasteiger partial charge in [-0.25, -0.2) is 8.42 Å². The number of nitrogens with zero attached hydrogens (tertiary/aromatic N) is 1. The molecule has 0 spiro atoms. The molecule has 2 N–H and O–H groups in total. The number of hydrogen-bond donors (Lipinski definition) is 2. The van der Waals surface area contributed by atoms with Crippen LogP contribution in [0.15, 0.2) is 76.0 Å². The normalized spacial score (nSPS) is 11.2. The van der Waals surface area contributed by atoms with Gasteiger partial charge in [0.05, 0.1) is 11.4 Å². The summed E-state index contributed by atoms with van der Waals surface area (Å²) >= 11 is 0. The highest BCUT2D eigenvalue weighted by Crippen LogP contribution is 2.15. The van der Waals surface area contributed by atoms with Gasteiger partial charge in [-0.1, -0.05) is 35.9 Å². The van der Waals surface area contributed by atoms with E-state index in [9.17, 15) is 18.0 Å². The lowest BCUT2D eigenvalue weighted by Crippen LogP contribution is -2.46. The third-order valence-corrected chi connectivity index (χ3v) is 6.24. The predicted molar refractivity (Wildman–Crippen MR) is 116 cm³/mol. The van der Waals surface area contributed by atoms with E-state index in [1.807, 2.05) is 25.1 Å². The number of likely N-dealkylation sites (N-methyl/N-ethyl adjacent to an activating group) is 1. The van der Waals surface area contributed by atoms with Gasteiger partial charge in [-0.3, -0.25) is 20.4 Å². The summed E-state index contributed by atoms with van der Waals surface area (Å²) in [7, 11) is -2.56. The average molecular weight is 458 g/mol. The van der Waals surface area contributed by atoms with E-state index < -0.39 is 28.4 Å². The van der Waals surface area contributed by atoms with Crippen LogP contribution in [0, 0.1) is 6.92 Å². The van der Waals surface area contributed by atoms with Crippen LogP contribution in [0.5, 0.6) is 5.75 Å². The Morgan fingerprint density at radius 2 is 1.66 bits per heavy atom. The van der Waals surface area contributed by atoms with Crippen LogP contribution in [0.1, 0.15) is 21.9 Å². The number of benzene rings is 2. The van der Waals surface area contributed by atoms with Crippen LogP contribution in [0.25, 0.3) is 0 Å². The van der Waals surface area contributed by atoms with Crippen molar-refractivity contribution in [3.05, 3.63) is 83.8 Å². The zero-order valence-corrected chi connectivity index (χ0v) is 18.4. The van der Waals surface area contributed by atoms with Gasteiger partial charge in [-0.05, 0) is 43.3 Å². The summed E-state index contributed by atoms with van der Waals surface area (Å²) in [6.45, 7) is 1.49. The van der Waals surface area contributed by atoms with Gasteiger partial charge >= 0.3 is 5.91 Å². The lowest BCUT2D eigenvalue weighted by Gasteiger charge is -2.17. The summed E-state index contributed by atoms with van der Waals surface area (Å²) in [6, 6.07) is 18.4. The fourth-order valence-corrected chi connectivity index (χ4v) is 3.78. The molecule has 0 unspecified atom stereocenters. The van der Waals surface area contributed by atoms with Crippen molar-refractivity contribution < 1.29 is 27.2 Å². The number of para-hydroxylation sites is 1. The third kappa shape index (κ3) is 5.96. The molecule has 3 aromatic rings. The van der Waals surface area contributed by atoms with E-state index in [2.05, 4.69) is 10.9 Å². The summed E-state index contributed by atoms with van der Waals surface area (Å²) in [4.78, 5) is 24.4. The minimum absolute atomic E-state index is 0.0300. The maximum atomic E-state index is 12.5. The second kappa shape index (κ2) is 10.1. The summed E-state index contributed by atoms with van der Waals surface area (Å²) in [5, 5.41) is 0. The maximum Gasteiger partial charge on any atom is 0.305 e. The second-order valence-electron chi connectivity index (χ2n) is 6.94. The highest BCUT2D eigenvalue weighted by molar-refractivity contribution is 7.89. The number of nitrogens with one attached hydrogen (secondary N) is 2. The zero-order valence-electron chi connectivity index (χ0n) is 17.6. The average Bonchev–Trinajstić information content (AvgIpc) is 3.26. The molecule has 0 fully saturated rings. The van der Waals surface area contributed by atoms with E-state index in [0.29, 0.717) is 11.5 Å². The smallest absolute Gasteiger partial charge is 0.305 e. The van der Waals surface area contributed by atoms with Crippen LogP contribution in [-0.2, 0) is 21.4 Å². The first-order valence-corrected chi connectivity index (χ1v) is 11.1. The molecule has 9 nitrogen and oxygen atoms in total. The van der Waals surface area contributed by atoms with E-state index in [-0.39, 0.29) is 17.3 Å². The van der Waals surface area contributed by atoms with E-state index >= 15 is 0 Å². The SMILES string of the molecule is Cc1ccc(S(=O)(=O)N(C)CC(=O)NNC(=O)c2ccc(COc3ccccc3)o2)cc1. The standard InChI is InChI=1S/C22H23N3O6S/c1-16-8-11-19(12-9-16)32(28,29)25(2)14-21(26)23-24-22(27)20-13-10-18(31-20)15-30-17-6-4-3-5-7-17/h3-13H,14-15H2,1-2H3,(H,23,26)(H,24,27). The molecule has 168 valence electrons. The fraction of sp³-hybridized carbons (Fsp3) is 0.182. The molecule has 0 bridgehead atoms. The Hall–Kier alpha value is -3.63. The van der Waals surface area contributed by atoms with Crippen LogP contribution in [0.4, 0.5) is 0 Å². The number of carbonyl (C=O) groups is 2. The molecule has 1 aromatic heterocycles. The van der Waals surface area contributed by atoms with E-state index in [0.717, 1.165) is 9.87 Å². The molecule has 2 aromatic carbocycles. The molecule has 2 amide bonds. The molecule has 1 heterocycles. The van der Waals surface area contributed by atoms with Crippen LogP contribution >= 0.6 is 0 Å². The van der Waals surface area contributed by atoms with Crippen molar-refractivity contribution in [2.75, 3.05) is 13.6 Å². The minimum atomic E-state index is -3.84. The van der Waals surface area contributed by atoms with Gasteiger partial charge in [0, 0.05) is 7.05 Å². The van der Waals surface area contributed by atoms with E-state index in [4.69, 9.17) is 9.15 Å². The topological polar surface area (TPSA) is 118 Å². The molecule has 0 saturated heterocycles. The molecule has 0 atom stereocenters. The van der Waals surface area contributed by atoms with E-state index in [1.54, 1.807) is 30.3 Å². The lowest BCUT2D eigenvalue weighted by molar-refractivity contribution is -0.121. The molecule has 0 aliphatic carbocycles. The monoisotopic (exact) mass is 457 g/mol. The van der Waals surface area contributed by atoms with Crippen molar-refractivity contribution in [3.8, 4) is 5.75 Å². The number of aryl methyl sites for hydroxylation is 1. The number of furan rings is 1. The summed E-state index contributed by atoms with van der Waals surface area (Å²) in [6.07, 6.45) is 0. The van der Waals surface area contributed by atoms with Crippen molar-refractivity contribution >= 4 is 21.8 Å². The van der Waals surface area contributed by atoms with Gasteiger partial charge in [0.15, 0.2) is 5.76 Å². The highest BCUT2D eigenvalue weighted by atomic mass is 32.2. The fourth-order valence-electron chi connectivity index (χ4n) is 2.65. The molecule has 0 aliphatic rings. The Bertz CT molecular complexity index is 1170. The summed E-state index contributed by atoms with van der Waals surface area (Å²) < 4.78 is 36.9. The number of amides is 2. The second-order valence-corrected chi connectivity index (χ2v) is 8.99. The number of ether oxygens (including phenoxy) is 1. The van der Waals surface area contributed by atoms with Crippen LogP contribution in [-0.4, -0.2) is 38.1 Å². The summed E-state index contributed by atoms with van der Waals surface area (Å²) in [5.41, 5.74) is 5.29. The van der Waals surface area contributed by atoms with Crippen molar-refractivity contribution in [1.29, 1.82) is 0 Å². The Labute approximate surface area is 186 Å². The third-order valence-electron chi connectivity index (χ3n) is 4.42. The van der Waals surface area contributed by atoms with Crippen molar-refractivity contribution in [2.45, 2.75) is 18.4 Å². The van der Waals surface area contributed by atoms with Crippen LogP contribution < -0.4 is 15.6 Å². The summed E-state index contributed by atoms with van der Waals surface area (Å²) in [5.74, 6) is -0.345. The van der Waals surface area contributed by atoms with E-state index in [1.165, 1.54) is 25.2 Å². The lowest BCUT2D eigenvalue weighted by atomic mass is 10.2. The number of hydrogen-bond acceptors (Lipinski definition) is 6. The Morgan fingerprint density at radius 3 is 2.34 bits per heavy atom. The number of carbonyl (C=O) groups excluding carboxylic acids is 2. The minimum Gasteiger partial charge on any atom is -0.486 e. The number of rotatable bonds is 8. The van der Waals surface area contributed by atoms with Gasteiger partial charge < -0.3 is 9.15 Å². The molecule has 32 heavy (non-hydrogen) atoms. The van der Waals surface area contributed by atoms with Gasteiger partial charge in [0.25, 0.3) is 5.91 Å². The van der Waals surface area contributed by atoms with Crippen molar-refractivity contribution in [2.24, 2.45) is 0 Å². The molecular weight excluding hydrogens is 434 g/mol. The van der Waals surface area contributed by atoms with Gasteiger partial charge in [0.2, 0.25) is 10.0 Å². The van der Waals surface area contributed by atoms with Gasteiger partial charge in [0.1, 0.15) is 18.1 Å². The van der Waals surface area contributed by atoms with Crippen molar-refractivity contribution in [3.63, 3.8) is 0 Å². The predicted octanol–water partition coefficient (Wildman–Crippen LogP) is 2.25. The quantitative estimate of drug-likeness (QED) is 0.501.